The molecule has 1 N–H and O–H groups in total. The van der Waals surface area contributed by atoms with Crippen molar-refractivity contribution >= 4 is 0 Å². The quantitative estimate of drug-likeness (QED) is 0.808. The molecule has 0 saturated heterocycles. The number of imidazole rings is 1. The molecular weight excluding hydrogens is 183 g/mol. The van der Waals surface area contributed by atoms with E-state index in [-0.39, 0.29) is 5.82 Å². The molecule has 1 aromatic carbocycles. The van der Waals surface area contributed by atoms with Crippen LogP contribution in [0.1, 0.15) is 5.82 Å². The van der Waals surface area contributed by atoms with Crippen LogP contribution in [-0.2, 0) is 6.61 Å². The molecule has 4 heteroatoms. The summed E-state index contributed by atoms with van der Waals surface area (Å²) in [6, 6.07) is 5.88. The van der Waals surface area contributed by atoms with Crippen LogP contribution in [0.4, 0.5) is 4.39 Å². The van der Waals surface area contributed by atoms with Crippen molar-refractivity contribution in [2.45, 2.75) is 6.61 Å². The van der Waals surface area contributed by atoms with Gasteiger partial charge in [0.2, 0.25) is 0 Å². The zero-order valence-corrected chi connectivity index (χ0v) is 7.40. The number of hydrogen-bond donors (Lipinski definition) is 1. The van der Waals surface area contributed by atoms with Gasteiger partial charge in [-0.25, -0.2) is 9.37 Å². The Labute approximate surface area is 80.6 Å². The second-order valence-electron chi connectivity index (χ2n) is 2.78. The number of rotatable bonds is 3. The van der Waals surface area contributed by atoms with Crippen LogP contribution in [0.15, 0.2) is 36.7 Å². The predicted octanol–water partition coefficient (Wildman–Crippen LogP) is 2.13. The highest BCUT2D eigenvalue weighted by Gasteiger charge is 1.97. The minimum absolute atomic E-state index is 0.268. The summed E-state index contributed by atoms with van der Waals surface area (Å²) in [5.41, 5.74) is 0. The van der Waals surface area contributed by atoms with Gasteiger partial charge in [0.05, 0.1) is 0 Å². The third-order valence-electron chi connectivity index (χ3n) is 1.74. The first kappa shape index (κ1) is 8.74. The molecular formula is C10H9FN2O. The third-order valence-corrected chi connectivity index (χ3v) is 1.74. The minimum Gasteiger partial charge on any atom is -0.486 e. The van der Waals surface area contributed by atoms with Crippen molar-refractivity contribution in [3.05, 3.63) is 48.3 Å². The Balaban J connectivity index is 1.95. The molecule has 72 valence electrons. The van der Waals surface area contributed by atoms with E-state index in [0.717, 1.165) is 5.82 Å². The molecule has 0 spiro atoms. The van der Waals surface area contributed by atoms with Gasteiger partial charge in [0.15, 0.2) is 0 Å². The molecule has 0 saturated carbocycles. The maximum atomic E-state index is 12.5. The van der Waals surface area contributed by atoms with Gasteiger partial charge in [-0.2, -0.15) is 0 Å². The highest BCUT2D eigenvalue weighted by atomic mass is 19.1. The van der Waals surface area contributed by atoms with Crippen molar-refractivity contribution in [1.29, 1.82) is 0 Å². The average molecular weight is 192 g/mol. The van der Waals surface area contributed by atoms with Gasteiger partial charge in [-0.15, -0.1) is 0 Å². The summed E-state index contributed by atoms with van der Waals surface area (Å²) >= 11 is 0. The molecule has 1 aromatic heterocycles. The van der Waals surface area contributed by atoms with Gasteiger partial charge < -0.3 is 9.72 Å². The SMILES string of the molecule is Fc1ccc(OCc2ncc[nH]2)cc1. The molecule has 0 aliphatic carbocycles. The zero-order valence-electron chi connectivity index (χ0n) is 7.40. The second-order valence-corrected chi connectivity index (χ2v) is 2.78. The van der Waals surface area contributed by atoms with E-state index in [1.807, 2.05) is 0 Å². The second kappa shape index (κ2) is 3.91. The lowest BCUT2D eigenvalue weighted by Crippen LogP contribution is -1.97. The van der Waals surface area contributed by atoms with Crippen molar-refractivity contribution in [2.24, 2.45) is 0 Å². The number of halogens is 1. The molecule has 2 aromatic rings. The first-order valence-corrected chi connectivity index (χ1v) is 4.21. The van der Waals surface area contributed by atoms with Crippen molar-refractivity contribution < 1.29 is 9.13 Å². The highest BCUT2D eigenvalue weighted by Crippen LogP contribution is 2.11. The summed E-state index contributed by atoms with van der Waals surface area (Å²) in [5.74, 6) is 1.10. The van der Waals surface area contributed by atoms with Gasteiger partial charge in [0.1, 0.15) is 24.0 Å². The molecule has 2 rings (SSSR count). The van der Waals surface area contributed by atoms with E-state index in [0.29, 0.717) is 12.4 Å². The molecule has 0 atom stereocenters. The van der Waals surface area contributed by atoms with Crippen molar-refractivity contribution in [3.63, 3.8) is 0 Å². The van der Waals surface area contributed by atoms with Crippen LogP contribution in [0.3, 0.4) is 0 Å². The smallest absolute Gasteiger partial charge is 0.146 e. The number of aromatic amines is 1. The Morgan fingerprint density at radius 2 is 2.07 bits per heavy atom. The standard InChI is InChI=1S/C10H9FN2O/c11-8-1-3-9(4-2-8)14-7-10-12-5-6-13-10/h1-6H,7H2,(H,12,13). The van der Waals surface area contributed by atoms with E-state index >= 15 is 0 Å². The lowest BCUT2D eigenvalue weighted by Gasteiger charge is -2.02. The summed E-state index contributed by atoms with van der Waals surface area (Å²) in [6.45, 7) is 0.360. The Hall–Kier alpha value is -1.84. The Morgan fingerprint density at radius 3 is 2.71 bits per heavy atom. The Morgan fingerprint density at radius 1 is 1.29 bits per heavy atom. The van der Waals surface area contributed by atoms with Gasteiger partial charge in [-0.05, 0) is 24.3 Å². The summed E-state index contributed by atoms with van der Waals surface area (Å²) < 4.78 is 17.9. The molecule has 14 heavy (non-hydrogen) atoms. The average Bonchev–Trinajstić information content (AvgIpc) is 2.70. The van der Waals surface area contributed by atoms with Crippen molar-refractivity contribution in [2.75, 3.05) is 0 Å². The van der Waals surface area contributed by atoms with Crippen LogP contribution in [0.2, 0.25) is 0 Å². The zero-order chi connectivity index (χ0) is 9.80. The van der Waals surface area contributed by atoms with Gasteiger partial charge in [-0.3, -0.25) is 0 Å². The Kier molecular flexibility index (Phi) is 2.44. The third kappa shape index (κ3) is 2.10. The number of hydrogen-bond acceptors (Lipinski definition) is 2. The van der Waals surface area contributed by atoms with Crippen LogP contribution >= 0.6 is 0 Å². The van der Waals surface area contributed by atoms with Gasteiger partial charge in [0.25, 0.3) is 0 Å². The number of nitrogens with one attached hydrogen (secondary N) is 1. The van der Waals surface area contributed by atoms with Crippen LogP contribution in [-0.4, -0.2) is 9.97 Å². The molecule has 0 bridgehead atoms. The first-order valence-electron chi connectivity index (χ1n) is 4.21. The molecule has 0 radical (unpaired) electrons. The molecule has 0 amide bonds. The van der Waals surface area contributed by atoms with Crippen LogP contribution in [0.5, 0.6) is 5.75 Å². The number of ether oxygens (including phenoxy) is 1. The molecule has 3 nitrogen and oxygen atoms in total. The number of nitrogens with zero attached hydrogens (tertiary/aromatic N) is 1. The fourth-order valence-electron chi connectivity index (χ4n) is 1.06. The summed E-state index contributed by atoms with van der Waals surface area (Å²) in [5, 5.41) is 0. The largest absolute Gasteiger partial charge is 0.486 e. The number of H-pyrrole nitrogens is 1. The fourth-order valence-corrected chi connectivity index (χ4v) is 1.06. The normalized spacial score (nSPS) is 10.1. The van der Waals surface area contributed by atoms with E-state index in [9.17, 15) is 4.39 Å². The lowest BCUT2D eigenvalue weighted by molar-refractivity contribution is 0.296. The molecule has 1 heterocycles. The van der Waals surface area contributed by atoms with Gasteiger partial charge >= 0.3 is 0 Å². The monoisotopic (exact) mass is 192 g/mol. The van der Waals surface area contributed by atoms with Gasteiger partial charge in [-0.1, -0.05) is 0 Å². The van der Waals surface area contributed by atoms with E-state index in [4.69, 9.17) is 4.74 Å². The predicted molar refractivity (Wildman–Crippen MR) is 49.3 cm³/mol. The van der Waals surface area contributed by atoms with E-state index in [1.165, 1.54) is 12.1 Å². The van der Waals surface area contributed by atoms with Crippen molar-refractivity contribution in [3.8, 4) is 5.75 Å². The minimum atomic E-state index is -0.268. The lowest BCUT2D eigenvalue weighted by atomic mass is 10.3. The highest BCUT2D eigenvalue weighted by molar-refractivity contribution is 5.22. The summed E-state index contributed by atoms with van der Waals surface area (Å²) in [4.78, 5) is 6.90. The van der Waals surface area contributed by atoms with Crippen molar-refractivity contribution in [1.82, 2.24) is 9.97 Å². The molecule has 0 aliphatic heterocycles. The summed E-state index contributed by atoms with van der Waals surface area (Å²) in [6.07, 6.45) is 3.38. The van der Waals surface area contributed by atoms with Crippen LogP contribution < -0.4 is 4.74 Å². The molecule has 0 fully saturated rings. The van der Waals surface area contributed by atoms with Crippen LogP contribution in [0, 0.1) is 5.82 Å². The van der Waals surface area contributed by atoms with Crippen LogP contribution in [0.25, 0.3) is 0 Å². The van der Waals surface area contributed by atoms with E-state index in [1.54, 1.807) is 24.5 Å². The maximum absolute atomic E-state index is 12.5. The van der Waals surface area contributed by atoms with E-state index < -0.39 is 0 Å². The number of benzene rings is 1. The van der Waals surface area contributed by atoms with E-state index in [2.05, 4.69) is 9.97 Å². The fraction of sp³-hybridized carbons (Fsp3) is 0.100. The maximum Gasteiger partial charge on any atom is 0.146 e. The molecule has 0 aliphatic rings. The summed E-state index contributed by atoms with van der Waals surface area (Å²) in [7, 11) is 0. The molecule has 0 unspecified atom stereocenters. The first-order chi connectivity index (χ1) is 6.84. The van der Waals surface area contributed by atoms with Gasteiger partial charge in [0, 0.05) is 12.4 Å². The number of aromatic nitrogens is 2. The Bertz CT molecular complexity index is 383. The topological polar surface area (TPSA) is 37.9 Å².